The Bertz CT molecular complexity index is 849. The standard InChI is InChI=1S/C24H29NOS/c1-24(2)15-18(16-27-19-8-4-5-9-19)21-14-17(12-13-22(21)25-24)20-10-6-7-11-23(20)26-3/h6-7,10-15,19,25H,4-5,8-9,16H2,1-3H3. The Balaban J connectivity index is 1.68. The van der Waals surface area contributed by atoms with E-state index in [1.807, 2.05) is 12.1 Å². The highest BCUT2D eigenvalue weighted by atomic mass is 32.2. The molecule has 27 heavy (non-hydrogen) atoms. The summed E-state index contributed by atoms with van der Waals surface area (Å²) in [5, 5.41) is 4.52. The molecule has 2 aliphatic rings. The first-order valence-corrected chi connectivity index (χ1v) is 11.0. The number of thioether (sulfide) groups is 1. The summed E-state index contributed by atoms with van der Waals surface area (Å²) in [5.41, 5.74) is 6.39. The van der Waals surface area contributed by atoms with E-state index < -0.39 is 0 Å². The van der Waals surface area contributed by atoms with Crippen LogP contribution in [0.25, 0.3) is 16.7 Å². The summed E-state index contributed by atoms with van der Waals surface area (Å²) in [7, 11) is 1.74. The van der Waals surface area contributed by atoms with Gasteiger partial charge in [-0.1, -0.05) is 43.2 Å². The molecular weight excluding hydrogens is 350 g/mol. The van der Waals surface area contributed by atoms with E-state index in [9.17, 15) is 0 Å². The van der Waals surface area contributed by atoms with Gasteiger partial charge in [-0.15, -0.1) is 0 Å². The molecule has 0 atom stereocenters. The molecule has 1 heterocycles. The van der Waals surface area contributed by atoms with E-state index in [1.165, 1.54) is 48.1 Å². The molecule has 2 aromatic carbocycles. The van der Waals surface area contributed by atoms with Crippen molar-refractivity contribution in [1.29, 1.82) is 0 Å². The third-order valence-corrected chi connectivity index (χ3v) is 6.97. The Morgan fingerprint density at radius 3 is 2.63 bits per heavy atom. The Morgan fingerprint density at radius 1 is 1.07 bits per heavy atom. The predicted octanol–water partition coefficient (Wildman–Crippen LogP) is 6.63. The number of rotatable bonds is 5. The average Bonchev–Trinajstić information content (AvgIpc) is 3.18. The highest BCUT2D eigenvalue weighted by Crippen LogP contribution is 2.41. The van der Waals surface area contributed by atoms with Gasteiger partial charge in [-0.25, -0.2) is 0 Å². The second kappa shape index (κ2) is 7.63. The predicted molar refractivity (Wildman–Crippen MR) is 119 cm³/mol. The van der Waals surface area contributed by atoms with E-state index in [-0.39, 0.29) is 5.54 Å². The fourth-order valence-corrected chi connectivity index (χ4v) is 5.57. The van der Waals surface area contributed by atoms with Gasteiger partial charge < -0.3 is 10.1 Å². The van der Waals surface area contributed by atoms with Gasteiger partial charge in [-0.05, 0) is 56.0 Å². The zero-order valence-electron chi connectivity index (χ0n) is 16.5. The first-order valence-electron chi connectivity index (χ1n) is 9.95. The Morgan fingerprint density at radius 2 is 1.85 bits per heavy atom. The van der Waals surface area contributed by atoms with Gasteiger partial charge in [0, 0.05) is 27.8 Å². The summed E-state index contributed by atoms with van der Waals surface area (Å²) in [6.45, 7) is 4.51. The minimum absolute atomic E-state index is 0.00940. The number of benzene rings is 2. The van der Waals surface area contributed by atoms with Crippen LogP contribution in [0.1, 0.15) is 45.1 Å². The number of fused-ring (bicyclic) bond motifs is 1. The average molecular weight is 380 g/mol. The van der Waals surface area contributed by atoms with Gasteiger partial charge in [0.05, 0.1) is 12.6 Å². The summed E-state index contributed by atoms with van der Waals surface area (Å²) in [6, 6.07) is 15.0. The lowest BCUT2D eigenvalue weighted by Gasteiger charge is -2.33. The number of nitrogens with one attached hydrogen (secondary N) is 1. The second-order valence-electron chi connectivity index (χ2n) is 8.19. The maximum atomic E-state index is 5.58. The smallest absolute Gasteiger partial charge is 0.126 e. The zero-order valence-corrected chi connectivity index (χ0v) is 17.4. The maximum absolute atomic E-state index is 5.58. The van der Waals surface area contributed by atoms with Gasteiger partial charge in [0.15, 0.2) is 0 Å². The number of hydrogen-bond acceptors (Lipinski definition) is 3. The molecule has 3 heteroatoms. The van der Waals surface area contributed by atoms with Crippen LogP contribution in [0.15, 0.2) is 48.5 Å². The topological polar surface area (TPSA) is 21.3 Å². The van der Waals surface area contributed by atoms with E-state index >= 15 is 0 Å². The summed E-state index contributed by atoms with van der Waals surface area (Å²) >= 11 is 2.14. The second-order valence-corrected chi connectivity index (χ2v) is 9.48. The highest BCUT2D eigenvalue weighted by Gasteiger charge is 2.26. The van der Waals surface area contributed by atoms with E-state index in [0.717, 1.165) is 22.3 Å². The van der Waals surface area contributed by atoms with Crippen molar-refractivity contribution in [2.24, 2.45) is 0 Å². The fourth-order valence-electron chi connectivity index (χ4n) is 4.25. The molecule has 0 spiro atoms. The molecular formula is C24H29NOS. The number of hydrogen-bond donors (Lipinski definition) is 1. The van der Waals surface area contributed by atoms with Crippen LogP contribution in [-0.2, 0) is 0 Å². The minimum atomic E-state index is -0.00940. The number of para-hydroxylation sites is 1. The van der Waals surface area contributed by atoms with Crippen molar-refractivity contribution in [3.63, 3.8) is 0 Å². The molecule has 142 valence electrons. The van der Waals surface area contributed by atoms with Crippen molar-refractivity contribution < 1.29 is 4.74 Å². The molecule has 0 radical (unpaired) electrons. The largest absolute Gasteiger partial charge is 0.496 e. The third-order valence-electron chi connectivity index (χ3n) is 5.55. The lowest BCUT2D eigenvalue weighted by molar-refractivity contribution is 0.416. The summed E-state index contributed by atoms with van der Waals surface area (Å²) in [4.78, 5) is 0. The molecule has 2 nitrogen and oxygen atoms in total. The molecule has 1 aliphatic heterocycles. The molecule has 0 aromatic heterocycles. The Hall–Kier alpha value is -1.87. The van der Waals surface area contributed by atoms with Crippen LogP contribution in [0, 0.1) is 0 Å². The summed E-state index contributed by atoms with van der Waals surface area (Å²) in [5.74, 6) is 2.02. The zero-order chi connectivity index (χ0) is 18.9. The number of anilines is 1. The molecule has 0 saturated heterocycles. The van der Waals surface area contributed by atoms with Crippen LogP contribution in [0.2, 0.25) is 0 Å². The van der Waals surface area contributed by atoms with Crippen LogP contribution < -0.4 is 10.1 Å². The SMILES string of the molecule is COc1ccccc1-c1ccc2c(c1)C(CSC1CCCC1)=CC(C)(C)N2. The van der Waals surface area contributed by atoms with Crippen molar-refractivity contribution in [2.45, 2.75) is 50.3 Å². The van der Waals surface area contributed by atoms with Crippen LogP contribution in [0.3, 0.4) is 0 Å². The van der Waals surface area contributed by atoms with Crippen LogP contribution in [0.4, 0.5) is 5.69 Å². The van der Waals surface area contributed by atoms with Crippen molar-refractivity contribution in [3.05, 3.63) is 54.1 Å². The lowest BCUT2D eigenvalue weighted by atomic mass is 9.89. The molecule has 0 bridgehead atoms. The molecule has 0 unspecified atom stereocenters. The minimum Gasteiger partial charge on any atom is -0.496 e. The molecule has 4 rings (SSSR count). The fraction of sp³-hybridized carbons (Fsp3) is 0.417. The molecule has 0 amide bonds. The lowest BCUT2D eigenvalue weighted by Crippen LogP contribution is -2.32. The maximum Gasteiger partial charge on any atom is 0.126 e. The molecule has 1 N–H and O–H groups in total. The van der Waals surface area contributed by atoms with Gasteiger partial charge in [-0.3, -0.25) is 0 Å². The van der Waals surface area contributed by atoms with Crippen molar-refractivity contribution >= 4 is 23.0 Å². The quantitative estimate of drug-likeness (QED) is 0.630. The van der Waals surface area contributed by atoms with Gasteiger partial charge in [0.25, 0.3) is 0 Å². The van der Waals surface area contributed by atoms with Crippen molar-refractivity contribution in [2.75, 3.05) is 18.2 Å². The van der Waals surface area contributed by atoms with Crippen molar-refractivity contribution in [3.8, 4) is 16.9 Å². The van der Waals surface area contributed by atoms with E-state index in [1.54, 1.807) is 7.11 Å². The molecule has 1 saturated carbocycles. The normalized spacial score (nSPS) is 18.6. The molecule has 1 aliphatic carbocycles. The highest BCUT2D eigenvalue weighted by molar-refractivity contribution is 8.00. The number of methoxy groups -OCH3 is 1. The van der Waals surface area contributed by atoms with Crippen LogP contribution >= 0.6 is 11.8 Å². The van der Waals surface area contributed by atoms with Gasteiger partial charge in [0.1, 0.15) is 5.75 Å². The van der Waals surface area contributed by atoms with E-state index in [0.29, 0.717) is 0 Å². The summed E-state index contributed by atoms with van der Waals surface area (Å²) < 4.78 is 5.58. The third kappa shape index (κ3) is 4.03. The van der Waals surface area contributed by atoms with E-state index in [2.05, 4.69) is 67.3 Å². The Labute approximate surface area is 167 Å². The Kier molecular flexibility index (Phi) is 5.23. The molecule has 1 fully saturated rings. The van der Waals surface area contributed by atoms with E-state index in [4.69, 9.17) is 4.74 Å². The van der Waals surface area contributed by atoms with Gasteiger partial charge in [-0.2, -0.15) is 11.8 Å². The monoisotopic (exact) mass is 379 g/mol. The first kappa shape index (κ1) is 18.5. The first-order chi connectivity index (χ1) is 13.1. The molecule has 2 aromatic rings. The van der Waals surface area contributed by atoms with Gasteiger partial charge >= 0.3 is 0 Å². The number of ether oxygens (including phenoxy) is 1. The summed E-state index contributed by atoms with van der Waals surface area (Å²) in [6.07, 6.45) is 7.99. The van der Waals surface area contributed by atoms with Crippen LogP contribution in [-0.4, -0.2) is 23.7 Å². The van der Waals surface area contributed by atoms with Crippen LogP contribution in [0.5, 0.6) is 5.75 Å². The van der Waals surface area contributed by atoms with Crippen molar-refractivity contribution in [1.82, 2.24) is 0 Å². The van der Waals surface area contributed by atoms with Gasteiger partial charge in [0.2, 0.25) is 0 Å².